The van der Waals surface area contributed by atoms with Gasteiger partial charge in [-0.2, -0.15) is 0 Å². The SMILES string of the molecule is COc1ccc(OC)c(NC(N)=NCC2(O)C3C4CC5C6C4CC3C6C52)c1.I. The van der Waals surface area contributed by atoms with Crippen LogP contribution in [0, 0.1) is 47.3 Å². The number of nitrogens with zero attached hydrogens (tertiary/aromatic N) is 1. The van der Waals surface area contributed by atoms with Crippen LogP contribution in [-0.4, -0.2) is 37.4 Å². The molecule has 28 heavy (non-hydrogen) atoms. The molecule has 0 heterocycles. The Labute approximate surface area is 182 Å². The van der Waals surface area contributed by atoms with Crippen LogP contribution in [-0.2, 0) is 0 Å². The molecule has 0 saturated heterocycles. The topological polar surface area (TPSA) is 89.1 Å². The molecular formula is C21H28IN3O3. The highest BCUT2D eigenvalue weighted by molar-refractivity contribution is 14.0. The number of aliphatic imine (C=N–C) groups is 1. The molecule has 6 nitrogen and oxygen atoms in total. The van der Waals surface area contributed by atoms with Gasteiger partial charge in [0.25, 0.3) is 0 Å². The van der Waals surface area contributed by atoms with Crippen LogP contribution in [0.3, 0.4) is 0 Å². The molecule has 5 aliphatic carbocycles. The van der Waals surface area contributed by atoms with E-state index in [1.165, 1.54) is 12.8 Å². The minimum Gasteiger partial charge on any atom is -0.497 e. The number of guanidine groups is 1. The first-order chi connectivity index (χ1) is 13.1. The Balaban J connectivity index is 0.00000171. The summed E-state index contributed by atoms with van der Waals surface area (Å²) < 4.78 is 10.7. The maximum Gasteiger partial charge on any atom is 0.193 e. The summed E-state index contributed by atoms with van der Waals surface area (Å²) in [7, 11) is 3.24. The summed E-state index contributed by atoms with van der Waals surface area (Å²) in [5.74, 6) is 7.47. The maximum atomic E-state index is 11.6. The van der Waals surface area contributed by atoms with E-state index < -0.39 is 5.60 Å². The monoisotopic (exact) mass is 497 g/mol. The standard InChI is InChI=1S/C21H27N3O3.HI/c1-26-9-3-4-15(27-2)14(5-9)24-20(22)23-8-21(25)18-11-7-12-16-10(11)6-13(18)17(16)19(12)21;/h3-5,10-13,16-19,25H,6-8H2,1-2H3,(H3,22,23,24);1H. The van der Waals surface area contributed by atoms with Crippen molar-refractivity contribution in [2.45, 2.75) is 18.4 Å². The van der Waals surface area contributed by atoms with Crippen molar-refractivity contribution in [1.82, 2.24) is 0 Å². The summed E-state index contributed by atoms with van der Waals surface area (Å²) in [4.78, 5) is 4.58. The highest BCUT2D eigenvalue weighted by Crippen LogP contribution is 2.85. The number of aliphatic hydroxyl groups is 1. The minimum absolute atomic E-state index is 0. The largest absolute Gasteiger partial charge is 0.497 e. The first-order valence-corrected chi connectivity index (χ1v) is 10.1. The molecule has 0 radical (unpaired) electrons. The van der Waals surface area contributed by atoms with Crippen molar-refractivity contribution in [3.8, 4) is 11.5 Å². The van der Waals surface area contributed by atoms with Crippen LogP contribution in [0.25, 0.3) is 0 Å². The van der Waals surface area contributed by atoms with Gasteiger partial charge in [0.05, 0.1) is 32.1 Å². The lowest BCUT2D eigenvalue weighted by atomic mass is 9.56. The first-order valence-electron chi connectivity index (χ1n) is 10.1. The summed E-state index contributed by atoms with van der Waals surface area (Å²) in [6, 6.07) is 5.50. The fraction of sp³-hybridized carbons (Fsp3) is 0.667. The van der Waals surface area contributed by atoms with Crippen molar-refractivity contribution in [3.63, 3.8) is 0 Å². The predicted octanol–water partition coefficient (Wildman–Crippen LogP) is 2.56. The number of methoxy groups -OCH3 is 2. The summed E-state index contributed by atoms with van der Waals surface area (Å²) in [5.41, 5.74) is 6.24. The molecule has 152 valence electrons. The van der Waals surface area contributed by atoms with E-state index in [9.17, 15) is 5.11 Å². The number of halogens is 1. The average Bonchev–Trinajstić information content (AvgIpc) is 3.19. The van der Waals surface area contributed by atoms with Gasteiger partial charge in [-0.25, -0.2) is 0 Å². The van der Waals surface area contributed by atoms with E-state index in [1.54, 1.807) is 14.2 Å². The van der Waals surface area contributed by atoms with E-state index in [-0.39, 0.29) is 24.0 Å². The van der Waals surface area contributed by atoms with Gasteiger partial charge in [-0.3, -0.25) is 4.99 Å². The van der Waals surface area contributed by atoms with E-state index >= 15 is 0 Å². The Morgan fingerprint density at radius 2 is 1.89 bits per heavy atom. The predicted molar refractivity (Wildman–Crippen MR) is 117 cm³/mol. The van der Waals surface area contributed by atoms with Gasteiger partial charge in [-0.05, 0) is 72.3 Å². The molecule has 9 unspecified atom stereocenters. The first kappa shape index (κ1) is 18.8. The van der Waals surface area contributed by atoms with E-state index in [1.807, 2.05) is 18.2 Å². The van der Waals surface area contributed by atoms with Crippen molar-refractivity contribution < 1.29 is 14.6 Å². The molecule has 1 aromatic rings. The van der Waals surface area contributed by atoms with E-state index in [0.29, 0.717) is 35.8 Å². The zero-order valence-electron chi connectivity index (χ0n) is 16.2. The quantitative estimate of drug-likeness (QED) is 0.331. The van der Waals surface area contributed by atoms with Gasteiger partial charge in [0, 0.05) is 6.07 Å². The average molecular weight is 497 g/mol. The second kappa shape index (κ2) is 6.14. The second-order valence-electron chi connectivity index (χ2n) is 9.22. The van der Waals surface area contributed by atoms with Gasteiger partial charge in [-0.1, -0.05) is 0 Å². The minimum atomic E-state index is -0.643. The van der Waals surface area contributed by atoms with Crippen molar-refractivity contribution in [1.29, 1.82) is 0 Å². The summed E-state index contributed by atoms with van der Waals surface area (Å²) in [6.07, 6.45) is 2.72. The Hall–Kier alpha value is -1.22. The number of nitrogens with one attached hydrogen (secondary N) is 1. The van der Waals surface area contributed by atoms with Crippen LogP contribution in [0.2, 0.25) is 0 Å². The Bertz CT molecular complexity index is 842. The lowest BCUT2D eigenvalue weighted by Crippen LogP contribution is -2.56. The number of benzene rings is 1. The number of hydrogen-bond donors (Lipinski definition) is 3. The van der Waals surface area contributed by atoms with Gasteiger partial charge < -0.3 is 25.6 Å². The molecule has 5 aliphatic rings. The Morgan fingerprint density at radius 1 is 1.14 bits per heavy atom. The van der Waals surface area contributed by atoms with Gasteiger partial charge in [-0.15, -0.1) is 24.0 Å². The van der Waals surface area contributed by atoms with Gasteiger partial charge in [0.2, 0.25) is 0 Å². The molecule has 0 spiro atoms. The van der Waals surface area contributed by atoms with Crippen molar-refractivity contribution in [2.24, 2.45) is 58.1 Å². The highest BCUT2D eigenvalue weighted by atomic mass is 127. The lowest BCUT2D eigenvalue weighted by molar-refractivity contribution is -0.123. The fourth-order valence-electron chi connectivity index (χ4n) is 8.24. The van der Waals surface area contributed by atoms with Crippen LogP contribution < -0.4 is 20.5 Å². The zero-order chi connectivity index (χ0) is 18.5. The van der Waals surface area contributed by atoms with Crippen LogP contribution in [0.5, 0.6) is 11.5 Å². The molecule has 0 aliphatic heterocycles. The van der Waals surface area contributed by atoms with E-state index in [2.05, 4.69) is 10.3 Å². The van der Waals surface area contributed by atoms with Crippen molar-refractivity contribution in [2.75, 3.05) is 26.1 Å². The molecule has 0 amide bonds. The third-order valence-electron chi connectivity index (χ3n) is 8.69. The molecule has 0 aromatic heterocycles. The van der Waals surface area contributed by atoms with Gasteiger partial charge in [0.1, 0.15) is 11.5 Å². The molecule has 5 fully saturated rings. The Kier molecular flexibility index (Phi) is 4.12. The molecule has 9 atom stereocenters. The van der Waals surface area contributed by atoms with E-state index in [0.717, 1.165) is 41.3 Å². The Morgan fingerprint density at radius 3 is 2.64 bits per heavy atom. The zero-order valence-corrected chi connectivity index (χ0v) is 18.5. The third-order valence-corrected chi connectivity index (χ3v) is 8.69. The number of nitrogens with two attached hydrogens (primary N) is 1. The molecule has 4 N–H and O–H groups in total. The van der Waals surface area contributed by atoms with E-state index in [4.69, 9.17) is 15.2 Å². The summed E-state index contributed by atoms with van der Waals surface area (Å²) in [6.45, 7) is 0.410. The normalized spacial score (nSPS) is 45.8. The molecule has 1 aromatic carbocycles. The number of fused-ring (bicyclic) bond motifs is 2. The van der Waals surface area contributed by atoms with Crippen LogP contribution in [0.15, 0.2) is 23.2 Å². The van der Waals surface area contributed by atoms with Gasteiger partial charge >= 0.3 is 0 Å². The van der Waals surface area contributed by atoms with Crippen LogP contribution in [0.1, 0.15) is 12.8 Å². The number of ether oxygens (including phenoxy) is 2. The molecular weight excluding hydrogens is 469 g/mol. The second-order valence-corrected chi connectivity index (χ2v) is 9.22. The molecule has 2 bridgehead atoms. The molecule has 7 heteroatoms. The lowest BCUT2D eigenvalue weighted by Gasteiger charge is -2.51. The summed E-state index contributed by atoms with van der Waals surface area (Å²) >= 11 is 0. The van der Waals surface area contributed by atoms with Gasteiger partial charge in [0.15, 0.2) is 5.96 Å². The maximum absolute atomic E-state index is 11.6. The number of rotatable bonds is 5. The fourth-order valence-corrected chi connectivity index (χ4v) is 8.24. The van der Waals surface area contributed by atoms with Crippen LogP contribution >= 0.6 is 24.0 Å². The third kappa shape index (κ3) is 2.10. The highest BCUT2D eigenvalue weighted by Gasteiger charge is 2.84. The molecule has 6 rings (SSSR count). The van der Waals surface area contributed by atoms with Crippen molar-refractivity contribution in [3.05, 3.63) is 18.2 Å². The van der Waals surface area contributed by atoms with Crippen molar-refractivity contribution >= 4 is 35.6 Å². The number of hydrogen-bond acceptors (Lipinski definition) is 4. The summed E-state index contributed by atoms with van der Waals surface area (Å²) in [5, 5.41) is 14.7. The van der Waals surface area contributed by atoms with Crippen LogP contribution in [0.4, 0.5) is 5.69 Å². The smallest absolute Gasteiger partial charge is 0.193 e. The molecule has 5 saturated carbocycles. The number of anilines is 1.